The highest BCUT2D eigenvalue weighted by atomic mass is 32.2. The molecule has 1 unspecified atom stereocenters. The maximum absolute atomic E-state index is 5.19. The molecule has 1 heterocycles. The summed E-state index contributed by atoms with van der Waals surface area (Å²) in [5, 5.41) is 7.69. The molecular formula is C14H21N3S2. The molecule has 1 saturated heterocycles. The molecule has 0 aromatic heterocycles. The first-order chi connectivity index (χ1) is 8.88. The maximum Gasteiger partial charge on any atom is 0.167 e. The van der Waals surface area contributed by atoms with E-state index in [1.54, 1.807) is 0 Å². The maximum atomic E-state index is 5.19. The van der Waals surface area contributed by atoms with E-state index in [4.69, 9.17) is 12.2 Å². The van der Waals surface area contributed by atoms with Crippen molar-refractivity contribution in [3.05, 3.63) is 29.8 Å². The molecule has 1 aliphatic heterocycles. The average Bonchev–Trinajstić information content (AvgIpc) is 2.59. The van der Waals surface area contributed by atoms with Crippen LogP contribution in [0.4, 0.5) is 5.69 Å². The van der Waals surface area contributed by atoms with Gasteiger partial charge in [0.25, 0.3) is 0 Å². The van der Waals surface area contributed by atoms with Gasteiger partial charge in [0.1, 0.15) is 0 Å². The largest absolute Gasteiger partial charge is 0.378 e. The summed E-state index contributed by atoms with van der Waals surface area (Å²) in [6.07, 6.45) is 0. The molecule has 3 nitrogen and oxygen atoms in total. The SMILES string of the molecule is CN(C)c1cccc(CSC2NC(=S)NC2(C)C)c1. The molecule has 1 aromatic rings. The van der Waals surface area contributed by atoms with Gasteiger partial charge in [-0.1, -0.05) is 12.1 Å². The third-order valence-corrected chi connectivity index (χ3v) is 4.96. The lowest BCUT2D eigenvalue weighted by Gasteiger charge is -2.25. The van der Waals surface area contributed by atoms with Crippen molar-refractivity contribution in [2.45, 2.75) is 30.5 Å². The molecule has 1 aliphatic rings. The molecule has 0 saturated carbocycles. The molecule has 0 radical (unpaired) electrons. The smallest absolute Gasteiger partial charge is 0.167 e. The van der Waals surface area contributed by atoms with Gasteiger partial charge in [0.15, 0.2) is 5.11 Å². The van der Waals surface area contributed by atoms with Crippen LogP contribution in [0.3, 0.4) is 0 Å². The summed E-state index contributed by atoms with van der Waals surface area (Å²) in [5.74, 6) is 0.979. The Kier molecular flexibility index (Phi) is 4.26. The second kappa shape index (κ2) is 5.59. The third kappa shape index (κ3) is 3.54. The van der Waals surface area contributed by atoms with Crippen LogP contribution < -0.4 is 15.5 Å². The zero-order valence-electron chi connectivity index (χ0n) is 11.9. The van der Waals surface area contributed by atoms with Gasteiger partial charge >= 0.3 is 0 Å². The normalized spacial score (nSPS) is 20.8. The van der Waals surface area contributed by atoms with Gasteiger partial charge in [0.05, 0.1) is 10.9 Å². The van der Waals surface area contributed by atoms with Gasteiger partial charge < -0.3 is 15.5 Å². The van der Waals surface area contributed by atoms with Crippen LogP contribution in [0.15, 0.2) is 24.3 Å². The van der Waals surface area contributed by atoms with Crippen LogP contribution in [0.1, 0.15) is 19.4 Å². The van der Waals surface area contributed by atoms with Crippen molar-refractivity contribution >= 4 is 34.8 Å². The zero-order valence-corrected chi connectivity index (χ0v) is 13.5. The summed E-state index contributed by atoms with van der Waals surface area (Å²) in [4.78, 5) is 2.13. The molecule has 1 atom stereocenters. The second-order valence-corrected chi connectivity index (χ2v) is 7.08. The molecule has 104 valence electrons. The summed E-state index contributed by atoms with van der Waals surface area (Å²) in [5.41, 5.74) is 2.58. The standard InChI is InChI=1S/C14H21N3S2/c1-14(2)12(15-13(18)16-14)19-9-10-6-5-7-11(8-10)17(3)4/h5-8,12H,9H2,1-4H3,(H2,15,16,18). The summed E-state index contributed by atoms with van der Waals surface area (Å²) >= 11 is 7.08. The van der Waals surface area contributed by atoms with Crippen LogP contribution in [0.25, 0.3) is 0 Å². The molecule has 2 rings (SSSR count). The Balaban J connectivity index is 1.99. The molecule has 0 bridgehead atoms. The minimum atomic E-state index is 0.000901. The number of hydrogen-bond donors (Lipinski definition) is 2. The van der Waals surface area contributed by atoms with Gasteiger partial charge in [-0.3, -0.25) is 0 Å². The van der Waals surface area contributed by atoms with Crippen molar-refractivity contribution in [1.82, 2.24) is 10.6 Å². The van der Waals surface area contributed by atoms with Gasteiger partial charge in [-0.2, -0.15) is 0 Å². The molecule has 1 aromatic carbocycles. The highest BCUT2D eigenvalue weighted by Gasteiger charge is 2.36. The van der Waals surface area contributed by atoms with E-state index in [2.05, 4.69) is 67.7 Å². The number of hydrogen-bond acceptors (Lipinski definition) is 3. The van der Waals surface area contributed by atoms with Crippen molar-refractivity contribution in [3.63, 3.8) is 0 Å². The van der Waals surface area contributed by atoms with E-state index in [0.717, 1.165) is 10.9 Å². The first-order valence-corrected chi connectivity index (χ1v) is 7.81. The Bertz CT molecular complexity index is 472. The Morgan fingerprint density at radius 1 is 1.37 bits per heavy atom. The van der Waals surface area contributed by atoms with Gasteiger partial charge in [0.2, 0.25) is 0 Å². The number of rotatable bonds is 4. The molecule has 1 fully saturated rings. The van der Waals surface area contributed by atoms with Crippen molar-refractivity contribution < 1.29 is 0 Å². The molecule has 0 aliphatic carbocycles. The summed E-state index contributed by atoms with van der Waals surface area (Å²) in [6.45, 7) is 4.35. The van der Waals surface area contributed by atoms with Crippen LogP contribution in [0.2, 0.25) is 0 Å². The summed E-state index contributed by atoms with van der Waals surface area (Å²) in [7, 11) is 4.13. The average molecular weight is 295 g/mol. The topological polar surface area (TPSA) is 27.3 Å². The van der Waals surface area contributed by atoms with Crippen molar-refractivity contribution in [3.8, 4) is 0 Å². The fraction of sp³-hybridized carbons (Fsp3) is 0.500. The van der Waals surface area contributed by atoms with Gasteiger partial charge in [-0.25, -0.2) is 0 Å². The zero-order chi connectivity index (χ0) is 14.0. The molecule has 5 heteroatoms. The first kappa shape index (κ1) is 14.5. The number of thioether (sulfide) groups is 1. The number of anilines is 1. The van der Waals surface area contributed by atoms with Crippen molar-refractivity contribution in [1.29, 1.82) is 0 Å². The second-order valence-electron chi connectivity index (χ2n) is 5.58. The first-order valence-electron chi connectivity index (χ1n) is 6.35. The monoisotopic (exact) mass is 295 g/mol. The van der Waals surface area contributed by atoms with Crippen LogP contribution in [0, 0.1) is 0 Å². The van der Waals surface area contributed by atoms with E-state index in [1.165, 1.54) is 11.3 Å². The highest BCUT2D eigenvalue weighted by molar-refractivity contribution is 7.99. The third-order valence-electron chi connectivity index (χ3n) is 3.20. The Morgan fingerprint density at radius 3 is 2.68 bits per heavy atom. The molecule has 2 N–H and O–H groups in total. The van der Waals surface area contributed by atoms with E-state index in [-0.39, 0.29) is 5.54 Å². The minimum absolute atomic E-state index is 0.000901. The van der Waals surface area contributed by atoms with Gasteiger partial charge in [-0.15, -0.1) is 11.8 Å². The van der Waals surface area contributed by atoms with E-state index < -0.39 is 0 Å². The lowest BCUT2D eigenvalue weighted by Crippen LogP contribution is -2.41. The minimum Gasteiger partial charge on any atom is -0.378 e. The quantitative estimate of drug-likeness (QED) is 0.833. The highest BCUT2D eigenvalue weighted by Crippen LogP contribution is 2.28. The van der Waals surface area contributed by atoms with Crippen molar-refractivity contribution in [2.24, 2.45) is 0 Å². The lowest BCUT2D eigenvalue weighted by atomic mass is 10.1. The predicted octanol–water partition coefficient (Wildman–Crippen LogP) is 2.57. The Labute approximate surface area is 125 Å². The van der Waals surface area contributed by atoms with Gasteiger partial charge in [0, 0.05) is 25.5 Å². The lowest BCUT2D eigenvalue weighted by molar-refractivity contribution is 0.479. The van der Waals surface area contributed by atoms with E-state index in [1.807, 2.05) is 11.8 Å². The van der Waals surface area contributed by atoms with Crippen LogP contribution in [-0.2, 0) is 5.75 Å². The van der Waals surface area contributed by atoms with E-state index in [9.17, 15) is 0 Å². The summed E-state index contributed by atoms with van der Waals surface area (Å²) in [6, 6.07) is 8.65. The van der Waals surface area contributed by atoms with Crippen LogP contribution >= 0.6 is 24.0 Å². The number of nitrogens with zero attached hydrogens (tertiary/aromatic N) is 1. The van der Waals surface area contributed by atoms with E-state index >= 15 is 0 Å². The molecule has 19 heavy (non-hydrogen) atoms. The van der Waals surface area contributed by atoms with Gasteiger partial charge in [-0.05, 0) is 43.8 Å². The Hall–Kier alpha value is -0.940. The van der Waals surface area contributed by atoms with E-state index in [0.29, 0.717) is 5.37 Å². The summed E-state index contributed by atoms with van der Waals surface area (Å²) < 4.78 is 0. The number of benzene rings is 1. The van der Waals surface area contributed by atoms with Crippen LogP contribution in [-0.4, -0.2) is 30.1 Å². The fourth-order valence-corrected chi connectivity index (χ4v) is 3.72. The molecule has 0 spiro atoms. The Morgan fingerprint density at radius 2 is 2.11 bits per heavy atom. The number of nitrogens with one attached hydrogen (secondary N) is 2. The van der Waals surface area contributed by atoms with Crippen LogP contribution in [0.5, 0.6) is 0 Å². The number of thiocarbonyl (C=S) groups is 1. The fourth-order valence-electron chi connectivity index (χ4n) is 2.05. The predicted molar refractivity (Wildman–Crippen MR) is 88.8 cm³/mol. The molecule has 0 amide bonds. The molecular weight excluding hydrogens is 274 g/mol. The van der Waals surface area contributed by atoms with Crippen molar-refractivity contribution in [2.75, 3.05) is 19.0 Å².